The van der Waals surface area contributed by atoms with Crippen LogP contribution >= 0.6 is 0 Å². The molecule has 30 valence electrons. The van der Waals surface area contributed by atoms with E-state index >= 15 is 0 Å². The molecule has 1 nitrogen and oxygen atoms in total. The van der Waals surface area contributed by atoms with Crippen LogP contribution in [0.4, 0.5) is 0 Å². The van der Waals surface area contributed by atoms with Gasteiger partial charge in [-0.05, 0) is 6.92 Å². The molecule has 0 aliphatic heterocycles. The Morgan fingerprint density at radius 2 is 1.83 bits per heavy atom. The molecule has 0 heterocycles. The van der Waals surface area contributed by atoms with Crippen LogP contribution in [0.5, 0.6) is 0 Å². The SMILES string of the molecule is C/C=C(/C)[O-].[Li+]. The van der Waals surface area contributed by atoms with Crippen molar-refractivity contribution < 1.29 is 24.0 Å². The fourth-order valence-corrected chi connectivity index (χ4v) is 0. The number of rotatable bonds is 0. The largest absolute Gasteiger partial charge is 1.00 e. The first-order valence-corrected chi connectivity index (χ1v) is 1.57. The van der Waals surface area contributed by atoms with Gasteiger partial charge in [0, 0.05) is 0 Å². The van der Waals surface area contributed by atoms with Crippen LogP contribution in [0.3, 0.4) is 0 Å². The van der Waals surface area contributed by atoms with Gasteiger partial charge in [0.15, 0.2) is 0 Å². The Morgan fingerprint density at radius 3 is 1.83 bits per heavy atom. The van der Waals surface area contributed by atoms with Crippen molar-refractivity contribution in [1.82, 2.24) is 0 Å². The summed E-state index contributed by atoms with van der Waals surface area (Å²) in [5.74, 6) is 0.130. The first kappa shape index (κ1) is 9.46. The predicted octanol–water partition coefficient (Wildman–Crippen LogP) is -2.73. The fraction of sp³-hybridized carbons (Fsp3) is 0.500. The van der Waals surface area contributed by atoms with Gasteiger partial charge in [0.2, 0.25) is 0 Å². The van der Waals surface area contributed by atoms with Gasteiger partial charge in [0.05, 0.1) is 0 Å². The van der Waals surface area contributed by atoms with Gasteiger partial charge in [0.25, 0.3) is 0 Å². The zero-order valence-electron chi connectivity index (χ0n) is 4.49. The molecule has 0 radical (unpaired) electrons. The normalized spacial score (nSPS) is 10.0. The third-order valence-electron chi connectivity index (χ3n) is 0.407. The second-order valence-electron chi connectivity index (χ2n) is 0.899. The molecule has 2 heteroatoms. The fourth-order valence-electron chi connectivity index (χ4n) is 0. The van der Waals surface area contributed by atoms with Gasteiger partial charge in [-0.15, -0.1) is 5.76 Å². The standard InChI is InChI=1S/C4H8O.Li/c1-3-4(2)5;/h3,5H,1-2H3;/q;+1/p-1/b4-3-;. The third-order valence-corrected chi connectivity index (χ3v) is 0.407. The Bertz CT molecular complexity index is 45.5. The van der Waals surface area contributed by atoms with Crippen LogP contribution in [-0.2, 0) is 0 Å². The average molecular weight is 78.0 g/mol. The molecule has 0 amide bonds. The zero-order chi connectivity index (χ0) is 4.28. The van der Waals surface area contributed by atoms with Crippen LogP contribution in [0.1, 0.15) is 13.8 Å². The van der Waals surface area contributed by atoms with Crippen molar-refractivity contribution in [2.75, 3.05) is 0 Å². The van der Waals surface area contributed by atoms with Gasteiger partial charge in [-0.25, -0.2) is 0 Å². The molecule has 0 aromatic carbocycles. The molecule has 0 bridgehead atoms. The first-order valence-electron chi connectivity index (χ1n) is 1.57. The summed E-state index contributed by atoms with van der Waals surface area (Å²) in [4.78, 5) is 0. The Labute approximate surface area is 50.2 Å². The van der Waals surface area contributed by atoms with Crippen molar-refractivity contribution in [2.45, 2.75) is 13.8 Å². The van der Waals surface area contributed by atoms with Crippen molar-refractivity contribution >= 4 is 0 Å². The summed E-state index contributed by atoms with van der Waals surface area (Å²) in [5, 5.41) is 9.76. The van der Waals surface area contributed by atoms with Crippen LogP contribution in [0.2, 0.25) is 0 Å². The monoisotopic (exact) mass is 78.1 g/mol. The topological polar surface area (TPSA) is 23.1 Å². The summed E-state index contributed by atoms with van der Waals surface area (Å²) in [5.41, 5.74) is 0. The minimum absolute atomic E-state index is 0. The van der Waals surface area contributed by atoms with Gasteiger partial charge >= 0.3 is 18.9 Å². The second kappa shape index (κ2) is 5.14. The van der Waals surface area contributed by atoms with Crippen molar-refractivity contribution in [2.24, 2.45) is 0 Å². The van der Waals surface area contributed by atoms with E-state index in [2.05, 4.69) is 0 Å². The molecule has 0 unspecified atom stereocenters. The summed E-state index contributed by atoms with van der Waals surface area (Å²) in [6.07, 6.45) is 1.53. The Kier molecular flexibility index (Phi) is 8.10. The Hall–Kier alpha value is 0.137. The van der Waals surface area contributed by atoms with E-state index in [0.29, 0.717) is 0 Å². The van der Waals surface area contributed by atoms with E-state index in [9.17, 15) is 5.11 Å². The van der Waals surface area contributed by atoms with Crippen LogP contribution < -0.4 is 24.0 Å². The van der Waals surface area contributed by atoms with Crippen molar-refractivity contribution in [3.05, 3.63) is 11.8 Å². The maximum atomic E-state index is 9.76. The van der Waals surface area contributed by atoms with Gasteiger partial charge in [-0.2, -0.15) is 0 Å². The van der Waals surface area contributed by atoms with E-state index in [-0.39, 0.29) is 24.6 Å². The van der Waals surface area contributed by atoms with Crippen molar-refractivity contribution in [3.63, 3.8) is 0 Å². The van der Waals surface area contributed by atoms with Crippen molar-refractivity contribution in [3.8, 4) is 0 Å². The van der Waals surface area contributed by atoms with Crippen LogP contribution in [0, 0.1) is 0 Å². The summed E-state index contributed by atoms with van der Waals surface area (Å²) in [7, 11) is 0. The molecule has 0 saturated heterocycles. The van der Waals surface area contributed by atoms with Gasteiger partial charge in [-0.1, -0.05) is 13.0 Å². The Balaban J connectivity index is 0. The smallest absolute Gasteiger partial charge is 0.876 e. The van der Waals surface area contributed by atoms with Crippen LogP contribution in [-0.4, -0.2) is 0 Å². The molecule has 0 saturated carbocycles. The predicted molar refractivity (Wildman–Crippen MR) is 19.4 cm³/mol. The summed E-state index contributed by atoms with van der Waals surface area (Å²) >= 11 is 0. The molecule has 0 rings (SSSR count). The van der Waals surface area contributed by atoms with Crippen LogP contribution in [0.25, 0.3) is 0 Å². The van der Waals surface area contributed by atoms with E-state index in [1.165, 1.54) is 13.0 Å². The van der Waals surface area contributed by atoms with E-state index in [1.807, 2.05) is 0 Å². The van der Waals surface area contributed by atoms with E-state index in [4.69, 9.17) is 0 Å². The zero-order valence-corrected chi connectivity index (χ0v) is 4.49. The molecule has 6 heavy (non-hydrogen) atoms. The average Bonchev–Trinajstić information content (AvgIpc) is 1.38. The van der Waals surface area contributed by atoms with Gasteiger partial charge in [0.1, 0.15) is 0 Å². The van der Waals surface area contributed by atoms with E-state index in [0.717, 1.165) is 0 Å². The molecular formula is C4H7LiO. The molecule has 0 N–H and O–H groups in total. The maximum absolute atomic E-state index is 9.76. The van der Waals surface area contributed by atoms with E-state index in [1.54, 1.807) is 6.92 Å². The number of hydrogen-bond donors (Lipinski definition) is 0. The summed E-state index contributed by atoms with van der Waals surface area (Å²) in [6, 6.07) is 0. The number of allylic oxidation sites excluding steroid dienone is 2. The first-order chi connectivity index (χ1) is 2.27. The number of hydrogen-bond acceptors (Lipinski definition) is 1. The molecule has 0 aliphatic rings. The summed E-state index contributed by atoms with van der Waals surface area (Å²) in [6.45, 7) is 3.25. The van der Waals surface area contributed by atoms with Crippen molar-refractivity contribution in [1.29, 1.82) is 0 Å². The maximum Gasteiger partial charge on any atom is 1.00 e. The molecule has 0 spiro atoms. The molecule has 0 aromatic heterocycles. The minimum atomic E-state index is 0. The third kappa shape index (κ3) is 8.91. The molecular weight excluding hydrogens is 71.0 g/mol. The van der Waals surface area contributed by atoms with Crippen LogP contribution in [0.15, 0.2) is 11.8 Å². The van der Waals surface area contributed by atoms with Gasteiger partial charge < -0.3 is 5.11 Å². The quantitative estimate of drug-likeness (QED) is 0.228. The Morgan fingerprint density at radius 1 is 1.67 bits per heavy atom. The molecule has 0 fully saturated rings. The summed E-state index contributed by atoms with van der Waals surface area (Å²) < 4.78 is 0. The minimum Gasteiger partial charge on any atom is -0.876 e. The van der Waals surface area contributed by atoms with E-state index < -0.39 is 0 Å². The van der Waals surface area contributed by atoms with Gasteiger partial charge in [-0.3, -0.25) is 0 Å². The second-order valence-corrected chi connectivity index (χ2v) is 0.899. The molecule has 0 atom stereocenters. The molecule has 0 aliphatic carbocycles. The molecule has 0 aromatic rings.